The quantitative estimate of drug-likeness (QED) is 0.612. The molecule has 0 unspecified atom stereocenters. The van der Waals surface area contributed by atoms with Crippen LogP contribution < -0.4 is 0 Å². The number of hydrogen-bond acceptors (Lipinski definition) is 6. The van der Waals surface area contributed by atoms with Gasteiger partial charge in [0.15, 0.2) is 5.82 Å². The van der Waals surface area contributed by atoms with E-state index in [1.165, 1.54) is 4.31 Å². The Morgan fingerprint density at radius 1 is 1.23 bits per heavy atom. The molecule has 1 aliphatic heterocycles. The molecule has 30 heavy (non-hydrogen) atoms. The van der Waals surface area contributed by atoms with Gasteiger partial charge in [-0.05, 0) is 12.1 Å². The number of nitrogens with zero attached hydrogens (tertiary/aromatic N) is 4. The second kappa shape index (κ2) is 9.33. The van der Waals surface area contributed by atoms with Crippen molar-refractivity contribution in [1.29, 1.82) is 0 Å². The predicted molar refractivity (Wildman–Crippen MR) is 112 cm³/mol. The summed E-state index contributed by atoms with van der Waals surface area (Å²) in [5.74, 6) is 0.641. The second-order valence-corrected chi connectivity index (χ2v) is 9.31. The van der Waals surface area contributed by atoms with Gasteiger partial charge in [0.05, 0.1) is 30.5 Å². The van der Waals surface area contributed by atoms with Crippen LogP contribution in [0.25, 0.3) is 22.4 Å². The summed E-state index contributed by atoms with van der Waals surface area (Å²) in [4.78, 5) is 17.6. The van der Waals surface area contributed by atoms with Crippen LogP contribution >= 0.6 is 0 Å². The Morgan fingerprint density at radius 2 is 1.97 bits per heavy atom. The summed E-state index contributed by atoms with van der Waals surface area (Å²) in [6.07, 6.45) is 3.60. The number of rotatable bonds is 5. The molecular formula is C20H24N4O5S. The van der Waals surface area contributed by atoms with E-state index in [1.807, 2.05) is 47.2 Å². The minimum atomic E-state index is -3.31. The Hall–Kier alpha value is -2.82. The molecule has 0 bridgehead atoms. The number of benzene rings is 1. The summed E-state index contributed by atoms with van der Waals surface area (Å²) in [6.45, 7) is 0.630. The SMILES string of the molecule is CN(C)S(=O)(=O)C[C@H]1COC[C@H]1n1ccnc1-c1ccc2ccccc2n1.O=CO. The fourth-order valence-electron chi connectivity index (χ4n) is 3.44. The van der Waals surface area contributed by atoms with Gasteiger partial charge in [-0.3, -0.25) is 4.79 Å². The van der Waals surface area contributed by atoms with E-state index in [1.54, 1.807) is 20.3 Å². The molecule has 1 fully saturated rings. The van der Waals surface area contributed by atoms with Crippen LogP contribution in [-0.2, 0) is 19.6 Å². The molecule has 1 N–H and O–H groups in total. The lowest BCUT2D eigenvalue weighted by Crippen LogP contribution is -2.32. The van der Waals surface area contributed by atoms with Crippen LogP contribution in [0.2, 0.25) is 0 Å². The summed E-state index contributed by atoms with van der Waals surface area (Å²) in [7, 11) is -0.193. The van der Waals surface area contributed by atoms with Crippen molar-refractivity contribution >= 4 is 27.4 Å². The van der Waals surface area contributed by atoms with Gasteiger partial charge in [-0.25, -0.2) is 22.7 Å². The molecule has 0 aliphatic carbocycles. The molecule has 0 saturated carbocycles. The summed E-state index contributed by atoms with van der Waals surface area (Å²) < 4.78 is 33.6. The van der Waals surface area contributed by atoms with E-state index in [9.17, 15) is 8.42 Å². The van der Waals surface area contributed by atoms with Crippen molar-refractivity contribution in [2.24, 2.45) is 5.92 Å². The third-order valence-electron chi connectivity index (χ3n) is 5.00. The van der Waals surface area contributed by atoms with Crippen LogP contribution in [0.5, 0.6) is 0 Å². The normalized spacial score (nSPS) is 18.9. The average Bonchev–Trinajstić information content (AvgIpc) is 3.36. The molecule has 0 radical (unpaired) electrons. The fraction of sp³-hybridized carbons (Fsp3) is 0.350. The number of aromatic nitrogens is 3. The van der Waals surface area contributed by atoms with Crippen LogP contribution in [0.1, 0.15) is 6.04 Å². The van der Waals surface area contributed by atoms with E-state index in [4.69, 9.17) is 19.6 Å². The number of carboxylic acid groups (broad SMARTS) is 1. The number of sulfonamides is 1. The van der Waals surface area contributed by atoms with Gasteiger partial charge in [0, 0.05) is 37.8 Å². The van der Waals surface area contributed by atoms with E-state index < -0.39 is 10.0 Å². The molecule has 1 saturated heterocycles. The molecule has 0 spiro atoms. The van der Waals surface area contributed by atoms with Gasteiger partial charge in [0.1, 0.15) is 5.69 Å². The van der Waals surface area contributed by atoms with Gasteiger partial charge in [0.2, 0.25) is 10.0 Å². The van der Waals surface area contributed by atoms with Crippen molar-refractivity contribution in [3.63, 3.8) is 0 Å². The van der Waals surface area contributed by atoms with E-state index in [0.29, 0.717) is 13.2 Å². The molecule has 1 aromatic carbocycles. The number of hydrogen-bond donors (Lipinski definition) is 1. The summed E-state index contributed by atoms with van der Waals surface area (Å²) in [5, 5.41) is 7.96. The highest BCUT2D eigenvalue weighted by Gasteiger charge is 2.35. The maximum absolute atomic E-state index is 12.3. The smallest absolute Gasteiger partial charge is 0.290 e. The summed E-state index contributed by atoms with van der Waals surface area (Å²) in [6, 6.07) is 11.8. The zero-order valence-electron chi connectivity index (χ0n) is 16.7. The van der Waals surface area contributed by atoms with Crippen LogP contribution in [-0.4, -0.2) is 71.9 Å². The molecule has 4 rings (SSSR count). The first kappa shape index (κ1) is 21.9. The van der Waals surface area contributed by atoms with Gasteiger partial charge in [0.25, 0.3) is 6.47 Å². The Bertz CT molecular complexity index is 1110. The minimum Gasteiger partial charge on any atom is -0.483 e. The first-order chi connectivity index (χ1) is 14.4. The molecule has 0 amide bonds. The van der Waals surface area contributed by atoms with Gasteiger partial charge in [-0.2, -0.15) is 0 Å². The first-order valence-electron chi connectivity index (χ1n) is 9.32. The summed E-state index contributed by atoms with van der Waals surface area (Å²) in [5.41, 5.74) is 1.67. The lowest BCUT2D eigenvalue weighted by molar-refractivity contribution is -0.122. The van der Waals surface area contributed by atoms with E-state index >= 15 is 0 Å². The molecule has 9 nitrogen and oxygen atoms in total. The lowest BCUT2D eigenvalue weighted by atomic mass is 10.1. The standard InChI is InChI=1S/C19H22N4O3S.CH2O2/c1-22(2)27(24,25)13-15-11-26-12-18(15)23-10-9-20-19(23)17-8-7-14-5-3-4-6-16(14)21-17;2-1-3/h3-10,15,18H,11-13H2,1-2H3;1H,(H,2,3)/t15-,18-;/m1./s1. The monoisotopic (exact) mass is 432 g/mol. The third kappa shape index (κ3) is 4.66. The van der Waals surface area contributed by atoms with Gasteiger partial charge in [-0.15, -0.1) is 0 Å². The highest BCUT2D eigenvalue weighted by atomic mass is 32.2. The molecular weight excluding hydrogens is 408 g/mol. The third-order valence-corrected chi connectivity index (χ3v) is 6.96. The number of ether oxygens (including phenoxy) is 1. The van der Waals surface area contributed by atoms with Crippen LogP contribution in [0.3, 0.4) is 0 Å². The van der Waals surface area contributed by atoms with Crippen molar-refractivity contribution < 1.29 is 23.1 Å². The van der Waals surface area contributed by atoms with Crippen LogP contribution in [0.4, 0.5) is 0 Å². The number of imidazole rings is 1. The maximum Gasteiger partial charge on any atom is 0.290 e. The molecule has 3 heterocycles. The Morgan fingerprint density at radius 3 is 2.70 bits per heavy atom. The Kier molecular flexibility index (Phi) is 6.80. The molecule has 3 aromatic rings. The van der Waals surface area contributed by atoms with Crippen LogP contribution in [0, 0.1) is 5.92 Å². The Labute approximate surface area is 175 Å². The average molecular weight is 433 g/mol. The molecule has 1 aliphatic rings. The number of pyridine rings is 1. The maximum atomic E-state index is 12.3. The topological polar surface area (TPSA) is 115 Å². The largest absolute Gasteiger partial charge is 0.483 e. The zero-order valence-corrected chi connectivity index (χ0v) is 17.6. The minimum absolute atomic E-state index is 0.0490. The van der Waals surface area contributed by atoms with Gasteiger partial charge >= 0.3 is 0 Å². The highest BCUT2D eigenvalue weighted by molar-refractivity contribution is 7.89. The Balaban J connectivity index is 0.000000806. The first-order valence-corrected chi connectivity index (χ1v) is 10.9. The van der Waals surface area contributed by atoms with Crippen LogP contribution in [0.15, 0.2) is 48.8 Å². The molecule has 10 heteroatoms. The fourth-order valence-corrected chi connectivity index (χ4v) is 4.60. The van der Waals surface area contributed by atoms with E-state index in [2.05, 4.69) is 4.98 Å². The number of fused-ring (bicyclic) bond motifs is 1. The zero-order chi connectivity index (χ0) is 21.7. The van der Waals surface area contributed by atoms with Gasteiger partial charge < -0.3 is 14.4 Å². The van der Waals surface area contributed by atoms with Crippen molar-refractivity contribution in [2.75, 3.05) is 33.1 Å². The second-order valence-electron chi connectivity index (χ2n) is 7.08. The number of para-hydroxylation sites is 1. The molecule has 2 atom stereocenters. The van der Waals surface area contributed by atoms with E-state index in [-0.39, 0.29) is 24.2 Å². The summed E-state index contributed by atoms with van der Waals surface area (Å²) >= 11 is 0. The predicted octanol–water partition coefficient (Wildman–Crippen LogP) is 1.88. The lowest BCUT2D eigenvalue weighted by Gasteiger charge is -2.22. The molecule has 160 valence electrons. The van der Waals surface area contributed by atoms with Crippen molar-refractivity contribution in [3.8, 4) is 11.5 Å². The van der Waals surface area contributed by atoms with Crippen molar-refractivity contribution in [3.05, 3.63) is 48.8 Å². The van der Waals surface area contributed by atoms with Crippen molar-refractivity contribution in [2.45, 2.75) is 6.04 Å². The highest BCUT2D eigenvalue weighted by Crippen LogP contribution is 2.31. The molecule has 2 aromatic heterocycles. The van der Waals surface area contributed by atoms with E-state index in [0.717, 1.165) is 22.4 Å². The van der Waals surface area contributed by atoms with Gasteiger partial charge in [-0.1, -0.05) is 24.3 Å². The van der Waals surface area contributed by atoms with Crippen molar-refractivity contribution in [1.82, 2.24) is 18.8 Å². The number of carbonyl (C=O) groups is 1.